The molecule has 1 aliphatic heterocycles. The van der Waals surface area contributed by atoms with E-state index in [-0.39, 0.29) is 17.2 Å². The highest BCUT2D eigenvalue weighted by molar-refractivity contribution is 6.00. The summed E-state index contributed by atoms with van der Waals surface area (Å²) in [5.74, 6) is -0.635. The number of nitriles is 1. The molecule has 0 saturated carbocycles. The second kappa shape index (κ2) is 6.09. The van der Waals surface area contributed by atoms with Crippen molar-refractivity contribution >= 4 is 17.3 Å². The summed E-state index contributed by atoms with van der Waals surface area (Å²) in [7, 11) is 0. The minimum atomic E-state index is -0.566. The number of hydrogen-bond acceptors (Lipinski definition) is 3. The average Bonchev–Trinajstić information content (AvgIpc) is 2.99. The van der Waals surface area contributed by atoms with Crippen LogP contribution in [0.15, 0.2) is 42.5 Å². The zero-order valence-electron chi connectivity index (χ0n) is 12.7. The number of rotatable bonds is 3. The van der Waals surface area contributed by atoms with Crippen molar-refractivity contribution in [2.24, 2.45) is 0 Å². The van der Waals surface area contributed by atoms with Crippen LogP contribution < -0.4 is 10.2 Å². The Labute approximate surface area is 134 Å². The Balaban J connectivity index is 1.75. The first-order chi connectivity index (χ1) is 11.1. The third kappa shape index (κ3) is 2.88. The van der Waals surface area contributed by atoms with Crippen LogP contribution >= 0.6 is 0 Å². The van der Waals surface area contributed by atoms with Crippen molar-refractivity contribution < 1.29 is 9.18 Å². The highest BCUT2D eigenvalue weighted by Crippen LogP contribution is 2.28. The van der Waals surface area contributed by atoms with Crippen molar-refractivity contribution in [2.45, 2.75) is 19.4 Å². The van der Waals surface area contributed by atoms with Gasteiger partial charge in [-0.05, 0) is 43.2 Å². The summed E-state index contributed by atoms with van der Waals surface area (Å²) in [4.78, 5) is 14.4. The molecule has 0 radical (unpaired) electrons. The molecule has 1 amide bonds. The van der Waals surface area contributed by atoms with Crippen LogP contribution in [0.5, 0.6) is 0 Å². The molecule has 1 aliphatic rings. The third-order valence-corrected chi connectivity index (χ3v) is 3.99. The number of halogens is 1. The maximum Gasteiger partial charge on any atom is 0.249 e. The fourth-order valence-electron chi connectivity index (χ4n) is 2.80. The zero-order chi connectivity index (χ0) is 16.4. The van der Waals surface area contributed by atoms with Crippen molar-refractivity contribution in [3.8, 4) is 6.07 Å². The van der Waals surface area contributed by atoms with Crippen LogP contribution in [0, 0.1) is 17.1 Å². The molecule has 0 bridgehead atoms. The van der Waals surface area contributed by atoms with Gasteiger partial charge in [0.25, 0.3) is 0 Å². The molecule has 2 aromatic carbocycles. The molecule has 0 aliphatic carbocycles. The maximum atomic E-state index is 13.9. The first-order valence-corrected chi connectivity index (χ1v) is 7.45. The van der Waals surface area contributed by atoms with Crippen LogP contribution in [-0.4, -0.2) is 18.5 Å². The molecule has 1 unspecified atom stereocenters. The second-order valence-corrected chi connectivity index (χ2v) is 5.54. The Hall–Kier alpha value is -2.87. The minimum absolute atomic E-state index is 0.0984. The van der Waals surface area contributed by atoms with Gasteiger partial charge in [-0.2, -0.15) is 5.26 Å². The molecule has 4 nitrogen and oxygen atoms in total. The number of nitrogens with one attached hydrogen (secondary N) is 1. The number of hydrogen-bond donors (Lipinski definition) is 1. The van der Waals surface area contributed by atoms with Gasteiger partial charge < -0.3 is 10.2 Å². The number of carbonyl (C=O) groups excluding carboxylic acids is 1. The molecule has 23 heavy (non-hydrogen) atoms. The molecule has 2 aromatic rings. The van der Waals surface area contributed by atoms with Crippen LogP contribution in [0.4, 0.5) is 15.8 Å². The summed E-state index contributed by atoms with van der Waals surface area (Å²) in [6.07, 6.45) is 0.833. The predicted octanol–water partition coefficient (Wildman–Crippen LogP) is 3.09. The van der Waals surface area contributed by atoms with Crippen molar-refractivity contribution in [3.63, 3.8) is 0 Å². The molecule has 5 heteroatoms. The summed E-state index contributed by atoms with van der Waals surface area (Å²) in [6.45, 7) is 2.35. The monoisotopic (exact) mass is 309 g/mol. The largest absolute Gasteiger partial charge is 0.372 e. The van der Waals surface area contributed by atoms with E-state index in [0.29, 0.717) is 6.54 Å². The van der Waals surface area contributed by atoms with E-state index in [4.69, 9.17) is 5.26 Å². The molecule has 3 rings (SSSR count). The SMILES string of the molecule is CC(Nc1ccc(C#N)cc1F)C(=O)N1CCc2ccccc21. The van der Waals surface area contributed by atoms with Gasteiger partial charge in [-0.15, -0.1) is 0 Å². The number of nitrogens with zero attached hydrogens (tertiary/aromatic N) is 2. The van der Waals surface area contributed by atoms with E-state index in [1.165, 1.54) is 12.1 Å². The van der Waals surface area contributed by atoms with Gasteiger partial charge in [0.15, 0.2) is 0 Å². The number of benzene rings is 2. The minimum Gasteiger partial charge on any atom is -0.372 e. The molecule has 1 heterocycles. The highest BCUT2D eigenvalue weighted by Gasteiger charge is 2.27. The zero-order valence-corrected chi connectivity index (χ0v) is 12.7. The Bertz CT molecular complexity index is 797. The van der Waals surface area contributed by atoms with Crippen LogP contribution in [0.2, 0.25) is 0 Å². The van der Waals surface area contributed by atoms with Crippen LogP contribution in [0.1, 0.15) is 18.1 Å². The van der Waals surface area contributed by atoms with E-state index in [1.807, 2.05) is 30.3 Å². The standard InChI is InChI=1S/C18H16FN3O/c1-12(21-16-7-6-13(11-20)10-15(16)19)18(23)22-9-8-14-4-2-3-5-17(14)22/h2-7,10,12,21H,8-9H2,1H3. The van der Waals surface area contributed by atoms with Gasteiger partial charge in [-0.3, -0.25) is 4.79 Å². The molecule has 1 N–H and O–H groups in total. The molecule has 0 saturated heterocycles. The van der Waals surface area contributed by atoms with Crippen LogP contribution in [0.3, 0.4) is 0 Å². The van der Waals surface area contributed by atoms with Gasteiger partial charge in [0, 0.05) is 12.2 Å². The van der Waals surface area contributed by atoms with Crippen LogP contribution in [0.25, 0.3) is 0 Å². The van der Waals surface area contributed by atoms with E-state index >= 15 is 0 Å². The first-order valence-electron chi connectivity index (χ1n) is 7.45. The summed E-state index contributed by atoms with van der Waals surface area (Å²) < 4.78 is 13.9. The van der Waals surface area contributed by atoms with Gasteiger partial charge in [0.1, 0.15) is 11.9 Å². The molecule has 0 fully saturated rings. The molecule has 0 aromatic heterocycles. The van der Waals surface area contributed by atoms with Gasteiger partial charge in [-0.25, -0.2) is 4.39 Å². The second-order valence-electron chi connectivity index (χ2n) is 5.54. The Morgan fingerprint density at radius 2 is 2.13 bits per heavy atom. The third-order valence-electron chi connectivity index (χ3n) is 3.99. The highest BCUT2D eigenvalue weighted by atomic mass is 19.1. The summed E-state index contributed by atoms with van der Waals surface area (Å²) >= 11 is 0. The van der Waals surface area contributed by atoms with Crippen molar-refractivity contribution in [3.05, 3.63) is 59.4 Å². The van der Waals surface area contributed by atoms with Crippen molar-refractivity contribution in [1.29, 1.82) is 5.26 Å². The topological polar surface area (TPSA) is 56.1 Å². The first kappa shape index (κ1) is 15.0. The van der Waals surface area contributed by atoms with Gasteiger partial charge in [0.05, 0.1) is 17.3 Å². The lowest BCUT2D eigenvalue weighted by Gasteiger charge is -2.23. The Morgan fingerprint density at radius 3 is 2.87 bits per heavy atom. The van der Waals surface area contributed by atoms with Crippen LogP contribution in [-0.2, 0) is 11.2 Å². The summed E-state index contributed by atoms with van der Waals surface area (Å²) in [5, 5.41) is 11.7. The van der Waals surface area contributed by atoms with Gasteiger partial charge in [0.2, 0.25) is 5.91 Å². The normalized spacial score (nSPS) is 14.0. The number of fused-ring (bicyclic) bond motifs is 1. The average molecular weight is 309 g/mol. The fourth-order valence-corrected chi connectivity index (χ4v) is 2.80. The van der Waals surface area contributed by atoms with E-state index in [9.17, 15) is 9.18 Å². The number of anilines is 2. The molecule has 0 spiro atoms. The van der Waals surface area contributed by atoms with E-state index < -0.39 is 11.9 Å². The van der Waals surface area contributed by atoms with Crippen molar-refractivity contribution in [1.82, 2.24) is 0 Å². The molecule has 1 atom stereocenters. The molecule has 116 valence electrons. The molecular formula is C18H16FN3O. The van der Waals surface area contributed by atoms with Gasteiger partial charge >= 0.3 is 0 Å². The Kier molecular flexibility index (Phi) is 3.98. The lowest BCUT2D eigenvalue weighted by Crippen LogP contribution is -2.40. The molecular weight excluding hydrogens is 293 g/mol. The number of carbonyl (C=O) groups is 1. The quantitative estimate of drug-likeness (QED) is 0.948. The fraction of sp³-hybridized carbons (Fsp3) is 0.222. The van der Waals surface area contributed by atoms with E-state index in [0.717, 1.165) is 23.7 Å². The summed E-state index contributed by atoms with van der Waals surface area (Å²) in [6, 6.07) is 13.3. The lowest BCUT2D eigenvalue weighted by atomic mass is 10.1. The van der Waals surface area contributed by atoms with E-state index in [2.05, 4.69) is 5.32 Å². The predicted molar refractivity (Wildman–Crippen MR) is 86.7 cm³/mol. The van der Waals surface area contributed by atoms with Crippen molar-refractivity contribution in [2.75, 3.05) is 16.8 Å². The van der Waals surface area contributed by atoms with Gasteiger partial charge in [-0.1, -0.05) is 18.2 Å². The smallest absolute Gasteiger partial charge is 0.249 e. The maximum absolute atomic E-state index is 13.9. The summed E-state index contributed by atoms with van der Waals surface area (Å²) in [5.41, 5.74) is 2.54. The lowest BCUT2D eigenvalue weighted by molar-refractivity contribution is -0.118. The number of para-hydroxylation sites is 1. The van der Waals surface area contributed by atoms with E-state index in [1.54, 1.807) is 11.8 Å². The number of amides is 1. The Morgan fingerprint density at radius 1 is 1.35 bits per heavy atom.